The number of rotatable bonds is 3. The first-order chi connectivity index (χ1) is 8.42. The van der Waals surface area contributed by atoms with Crippen LogP contribution in [-0.2, 0) is 6.42 Å². The Hall–Kier alpha value is -1.13. The summed E-state index contributed by atoms with van der Waals surface area (Å²) in [5, 5.41) is 6.98. The second kappa shape index (κ2) is 5.02. The summed E-state index contributed by atoms with van der Waals surface area (Å²) in [5.41, 5.74) is 2.28. The zero-order valence-corrected chi connectivity index (χ0v) is 10.6. The summed E-state index contributed by atoms with van der Waals surface area (Å²) in [6, 6.07) is 2.70. The van der Waals surface area contributed by atoms with E-state index >= 15 is 0 Å². The van der Waals surface area contributed by atoms with Crippen molar-refractivity contribution in [1.29, 1.82) is 0 Å². The number of H-pyrrole nitrogens is 1. The van der Waals surface area contributed by atoms with Crippen LogP contribution in [0.1, 0.15) is 24.3 Å². The van der Waals surface area contributed by atoms with Crippen molar-refractivity contribution in [2.45, 2.75) is 31.7 Å². The SMILES string of the molecule is c1cc(-c2csc(CC3CCCCN3)n2)c[nH]1. The Kier molecular flexibility index (Phi) is 3.25. The third-order valence-corrected chi connectivity index (χ3v) is 4.15. The Morgan fingerprint density at radius 1 is 1.41 bits per heavy atom. The van der Waals surface area contributed by atoms with Gasteiger partial charge in [-0.2, -0.15) is 0 Å². The zero-order chi connectivity index (χ0) is 11.5. The highest BCUT2D eigenvalue weighted by molar-refractivity contribution is 7.09. The molecule has 0 aliphatic carbocycles. The van der Waals surface area contributed by atoms with Gasteiger partial charge >= 0.3 is 0 Å². The number of aromatic amines is 1. The fraction of sp³-hybridized carbons (Fsp3) is 0.462. The minimum absolute atomic E-state index is 0.633. The molecule has 0 bridgehead atoms. The molecule has 2 N–H and O–H groups in total. The van der Waals surface area contributed by atoms with Gasteiger partial charge in [-0.1, -0.05) is 6.42 Å². The highest BCUT2D eigenvalue weighted by atomic mass is 32.1. The molecule has 2 aromatic heterocycles. The van der Waals surface area contributed by atoms with Gasteiger partial charge in [-0.3, -0.25) is 0 Å². The van der Waals surface area contributed by atoms with Crippen molar-refractivity contribution in [1.82, 2.24) is 15.3 Å². The molecule has 3 nitrogen and oxygen atoms in total. The number of thiazole rings is 1. The van der Waals surface area contributed by atoms with Gasteiger partial charge in [-0.05, 0) is 25.5 Å². The van der Waals surface area contributed by atoms with Gasteiger partial charge in [0, 0.05) is 35.8 Å². The topological polar surface area (TPSA) is 40.7 Å². The maximum absolute atomic E-state index is 4.71. The first-order valence-corrected chi connectivity index (χ1v) is 7.11. The van der Waals surface area contributed by atoms with Crippen LogP contribution >= 0.6 is 11.3 Å². The van der Waals surface area contributed by atoms with E-state index in [1.807, 2.05) is 12.4 Å². The first kappa shape index (κ1) is 11.0. The molecular formula is C13H17N3S. The van der Waals surface area contributed by atoms with E-state index in [1.165, 1.54) is 36.4 Å². The minimum atomic E-state index is 0.633. The molecule has 0 saturated carbocycles. The standard InChI is InChI=1S/C13H17N3S/c1-2-5-15-11(3-1)7-13-16-12(9-17-13)10-4-6-14-8-10/h4,6,8-9,11,14-15H,1-3,5,7H2. The predicted octanol–water partition coefficient (Wildman–Crippen LogP) is 2.82. The van der Waals surface area contributed by atoms with Gasteiger partial charge < -0.3 is 10.3 Å². The second-order valence-electron chi connectivity index (χ2n) is 4.58. The minimum Gasteiger partial charge on any atom is -0.367 e. The van der Waals surface area contributed by atoms with Crippen LogP contribution in [-0.4, -0.2) is 22.6 Å². The van der Waals surface area contributed by atoms with Crippen LogP contribution in [0.5, 0.6) is 0 Å². The second-order valence-corrected chi connectivity index (χ2v) is 5.52. The number of nitrogens with zero attached hydrogens (tertiary/aromatic N) is 1. The van der Waals surface area contributed by atoms with Crippen molar-refractivity contribution in [3.05, 3.63) is 28.8 Å². The van der Waals surface area contributed by atoms with E-state index in [4.69, 9.17) is 4.98 Å². The van der Waals surface area contributed by atoms with Crippen LogP contribution in [0.4, 0.5) is 0 Å². The number of aromatic nitrogens is 2. The summed E-state index contributed by atoms with van der Waals surface area (Å²) < 4.78 is 0. The molecule has 90 valence electrons. The van der Waals surface area contributed by atoms with Crippen molar-refractivity contribution >= 4 is 11.3 Å². The highest BCUT2D eigenvalue weighted by Crippen LogP contribution is 2.23. The van der Waals surface area contributed by atoms with E-state index in [9.17, 15) is 0 Å². The molecule has 3 rings (SSSR count). The fourth-order valence-electron chi connectivity index (χ4n) is 2.33. The summed E-state index contributed by atoms with van der Waals surface area (Å²) in [7, 11) is 0. The quantitative estimate of drug-likeness (QED) is 0.875. The van der Waals surface area contributed by atoms with E-state index in [-0.39, 0.29) is 0 Å². The lowest BCUT2D eigenvalue weighted by molar-refractivity contribution is 0.399. The van der Waals surface area contributed by atoms with E-state index in [0.717, 1.165) is 12.1 Å². The molecule has 17 heavy (non-hydrogen) atoms. The molecule has 1 aliphatic heterocycles. The average Bonchev–Trinajstić information content (AvgIpc) is 3.00. The Morgan fingerprint density at radius 3 is 3.18 bits per heavy atom. The molecule has 1 aliphatic rings. The Bertz CT molecular complexity index is 455. The lowest BCUT2D eigenvalue weighted by atomic mass is 10.0. The number of hydrogen-bond acceptors (Lipinski definition) is 3. The van der Waals surface area contributed by atoms with E-state index in [1.54, 1.807) is 11.3 Å². The normalized spacial score (nSPS) is 20.6. The average molecular weight is 247 g/mol. The van der Waals surface area contributed by atoms with E-state index < -0.39 is 0 Å². The number of piperidine rings is 1. The molecule has 1 fully saturated rings. The molecule has 3 heterocycles. The largest absolute Gasteiger partial charge is 0.367 e. The predicted molar refractivity (Wildman–Crippen MR) is 71.2 cm³/mol. The van der Waals surface area contributed by atoms with Crippen molar-refractivity contribution < 1.29 is 0 Å². The van der Waals surface area contributed by atoms with Crippen molar-refractivity contribution in [3.8, 4) is 11.3 Å². The molecule has 2 aromatic rings. The molecule has 4 heteroatoms. The van der Waals surface area contributed by atoms with Crippen LogP contribution in [0, 0.1) is 0 Å². The number of hydrogen-bond donors (Lipinski definition) is 2. The van der Waals surface area contributed by atoms with Crippen LogP contribution in [0.25, 0.3) is 11.3 Å². The summed E-state index contributed by atoms with van der Waals surface area (Å²) in [6.45, 7) is 1.17. The third kappa shape index (κ3) is 2.58. The van der Waals surface area contributed by atoms with Crippen LogP contribution in [0.2, 0.25) is 0 Å². The van der Waals surface area contributed by atoms with Crippen LogP contribution in [0.15, 0.2) is 23.8 Å². The van der Waals surface area contributed by atoms with Gasteiger partial charge in [-0.25, -0.2) is 4.98 Å². The van der Waals surface area contributed by atoms with Crippen LogP contribution < -0.4 is 5.32 Å². The lowest BCUT2D eigenvalue weighted by Crippen LogP contribution is -2.35. The Morgan fingerprint density at radius 2 is 2.41 bits per heavy atom. The fourth-order valence-corrected chi connectivity index (χ4v) is 3.21. The molecule has 1 atom stereocenters. The summed E-state index contributed by atoms with van der Waals surface area (Å²) in [5.74, 6) is 0. The summed E-state index contributed by atoms with van der Waals surface area (Å²) in [6.07, 6.45) is 8.99. The molecule has 1 unspecified atom stereocenters. The zero-order valence-electron chi connectivity index (χ0n) is 9.78. The number of nitrogens with one attached hydrogen (secondary N) is 2. The highest BCUT2D eigenvalue weighted by Gasteiger charge is 2.15. The van der Waals surface area contributed by atoms with E-state index in [2.05, 4.69) is 21.7 Å². The third-order valence-electron chi connectivity index (χ3n) is 3.28. The Balaban J connectivity index is 1.68. The molecule has 0 radical (unpaired) electrons. The molecular weight excluding hydrogens is 230 g/mol. The van der Waals surface area contributed by atoms with Gasteiger partial charge in [0.05, 0.1) is 10.7 Å². The van der Waals surface area contributed by atoms with Crippen LogP contribution in [0.3, 0.4) is 0 Å². The maximum atomic E-state index is 4.71. The summed E-state index contributed by atoms with van der Waals surface area (Å²) >= 11 is 1.78. The monoisotopic (exact) mass is 247 g/mol. The molecule has 1 saturated heterocycles. The van der Waals surface area contributed by atoms with Gasteiger partial charge in [0.25, 0.3) is 0 Å². The van der Waals surface area contributed by atoms with Crippen molar-refractivity contribution in [2.75, 3.05) is 6.54 Å². The van der Waals surface area contributed by atoms with Crippen molar-refractivity contribution in [2.24, 2.45) is 0 Å². The van der Waals surface area contributed by atoms with Gasteiger partial charge in [0.15, 0.2) is 0 Å². The summed E-state index contributed by atoms with van der Waals surface area (Å²) in [4.78, 5) is 7.78. The molecule has 0 aromatic carbocycles. The molecule has 0 amide bonds. The van der Waals surface area contributed by atoms with Gasteiger partial charge in [-0.15, -0.1) is 11.3 Å². The van der Waals surface area contributed by atoms with Gasteiger partial charge in [0.2, 0.25) is 0 Å². The molecule has 0 spiro atoms. The lowest BCUT2D eigenvalue weighted by Gasteiger charge is -2.22. The van der Waals surface area contributed by atoms with Crippen molar-refractivity contribution in [3.63, 3.8) is 0 Å². The maximum Gasteiger partial charge on any atom is 0.0948 e. The smallest absolute Gasteiger partial charge is 0.0948 e. The first-order valence-electron chi connectivity index (χ1n) is 6.23. The van der Waals surface area contributed by atoms with Gasteiger partial charge in [0.1, 0.15) is 0 Å². The van der Waals surface area contributed by atoms with E-state index in [0.29, 0.717) is 6.04 Å². The Labute approximate surface area is 105 Å².